The number of ether oxygens (including phenoxy) is 2. The zero-order valence-electron chi connectivity index (χ0n) is 7.63. The van der Waals surface area contributed by atoms with Gasteiger partial charge in [-0.2, -0.15) is 13.2 Å². The molecule has 0 N–H and O–H groups in total. The van der Waals surface area contributed by atoms with Crippen molar-refractivity contribution in [2.45, 2.75) is 18.7 Å². The summed E-state index contributed by atoms with van der Waals surface area (Å²) in [6.45, 7) is 2.67. The molecule has 0 saturated heterocycles. The summed E-state index contributed by atoms with van der Waals surface area (Å²) in [7, 11) is 1.12. The zero-order chi connectivity index (χ0) is 11.2. The average Bonchev–Trinajstić information content (AvgIpc) is 2.09. The summed E-state index contributed by atoms with van der Waals surface area (Å²) in [4.78, 5) is 10.5. The van der Waals surface area contributed by atoms with Crippen molar-refractivity contribution in [3.05, 3.63) is 12.7 Å². The van der Waals surface area contributed by atoms with Crippen LogP contribution >= 0.6 is 0 Å². The molecular formula is C8H11F3O3. The van der Waals surface area contributed by atoms with E-state index in [0.717, 1.165) is 13.2 Å². The second kappa shape index (κ2) is 5.64. The minimum absolute atomic E-state index is 0.430. The molecule has 0 aromatic heterocycles. The Balaban J connectivity index is 3.91. The normalized spacial score (nSPS) is 13.4. The molecule has 3 nitrogen and oxygen atoms in total. The number of esters is 1. The van der Waals surface area contributed by atoms with Crippen LogP contribution in [0.3, 0.4) is 0 Å². The van der Waals surface area contributed by atoms with Crippen molar-refractivity contribution >= 4 is 5.97 Å². The van der Waals surface area contributed by atoms with Gasteiger partial charge in [-0.1, -0.05) is 6.58 Å². The molecule has 1 unspecified atom stereocenters. The lowest BCUT2D eigenvalue weighted by Gasteiger charge is -2.16. The maximum atomic E-state index is 11.9. The molecule has 0 radical (unpaired) electrons. The molecule has 0 aromatic rings. The first-order chi connectivity index (χ1) is 6.39. The number of hydrogen-bond acceptors (Lipinski definition) is 3. The maximum Gasteiger partial charge on any atom is 0.391 e. The molecular weight excluding hydrogens is 201 g/mol. The van der Waals surface area contributed by atoms with E-state index in [1.807, 2.05) is 0 Å². The van der Waals surface area contributed by atoms with Gasteiger partial charge in [-0.25, -0.2) is 4.79 Å². The van der Waals surface area contributed by atoms with Gasteiger partial charge in [-0.15, -0.1) is 0 Å². The maximum absolute atomic E-state index is 11.9. The topological polar surface area (TPSA) is 35.5 Å². The molecule has 0 amide bonds. The lowest BCUT2D eigenvalue weighted by Crippen LogP contribution is -2.26. The second-order valence-electron chi connectivity index (χ2n) is 2.51. The van der Waals surface area contributed by atoms with Crippen LogP contribution in [0.15, 0.2) is 12.7 Å². The Labute approximate surface area is 79.5 Å². The molecule has 0 aliphatic heterocycles. The Morgan fingerprint density at radius 3 is 2.50 bits per heavy atom. The third-order valence-corrected chi connectivity index (χ3v) is 1.37. The molecule has 0 aliphatic rings. The summed E-state index contributed by atoms with van der Waals surface area (Å²) in [5, 5.41) is 0. The van der Waals surface area contributed by atoms with Gasteiger partial charge in [0.15, 0.2) is 0 Å². The number of halogens is 3. The summed E-state index contributed by atoms with van der Waals surface area (Å²) in [5.74, 6) is -0.769. The Bertz CT molecular complexity index is 200. The van der Waals surface area contributed by atoms with Gasteiger partial charge in [-0.3, -0.25) is 0 Å². The molecule has 0 saturated carbocycles. The van der Waals surface area contributed by atoms with Gasteiger partial charge >= 0.3 is 12.1 Å². The minimum atomic E-state index is -4.33. The molecule has 0 aromatic carbocycles. The van der Waals surface area contributed by atoms with Crippen molar-refractivity contribution in [2.75, 3.05) is 13.7 Å². The molecule has 6 heteroatoms. The van der Waals surface area contributed by atoms with Crippen molar-refractivity contribution in [1.29, 1.82) is 0 Å². The number of carbonyl (C=O) groups excluding carboxylic acids is 1. The van der Waals surface area contributed by atoms with Gasteiger partial charge in [0.25, 0.3) is 0 Å². The molecule has 0 aliphatic carbocycles. The van der Waals surface area contributed by atoms with Gasteiger partial charge in [-0.05, 0) is 0 Å². The smallest absolute Gasteiger partial charge is 0.391 e. The van der Waals surface area contributed by atoms with E-state index < -0.39 is 31.3 Å². The highest BCUT2D eigenvalue weighted by Crippen LogP contribution is 2.22. The van der Waals surface area contributed by atoms with E-state index in [9.17, 15) is 18.0 Å². The largest absolute Gasteiger partial charge is 0.460 e. The SMILES string of the molecule is C=CC(=O)OCC(CC(F)(F)F)OC. The van der Waals surface area contributed by atoms with E-state index in [1.54, 1.807) is 0 Å². The van der Waals surface area contributed by atoms with Crippen molar-refractivity contribution in [3.8, 4) is 0 Å². The molecule has 0 rings (SSSR count). The first kappa shape index (κ1) is 13.0. The predicted octanol–water partition coefficient (Wildman–Crippen LogP) is 1.68. The second-order valence-corrected chi connectivity index (χ2v) is 2.51. The van der Waals surface area contributed by atoms with Crippen molar-refractivity contribution in [1.82, 2.24) is 0 Å². The van der Waals surface area contributed by atoms with Crippen LogP contribution in [0.2, 0.25) is 0 Å². The van der Waals surface area contributed by atoms with Crippen LogP contribution < -0.4 is 0 Å². The van der Waals surface area contributed by atoms with E-state index in [0.29, 0.717) is 0 Å². The summed E-state index contributed by atoms with van der Waals surface area (Å²) in [6.07, 6.45) is -5.77. The van der Waals surface area contributed by atoms with Crippen LogP contribution in [-0.2, 0) is 14.3 Å². The van der Waals surface area contributed by atoms with Crippen LogP contribution in [0.4, 0.5) is 13.2 Å². The fourth-order valence-corrected chi connectivity index (χ4v) is 0.702. The molecule has 0 bridgehead atoms. The molecule has 0 fully saturated rings. The van der Waals surface area contributed by atoms with E-state index in [2.05, 4.69) is 16.1 Å². The minimum Gasteiger partial charge on any atom is -0.460 e. The van der Waals surface area contributed by atoms with E-state index >= 15 is 0 Å². The Kier molecular flexibility index (Phi) is 5.22. The number of rotatable bonds is 5. The molecule has 1 atom stereocenters. The molecule has 0 heterocycles. The molecule has 14 heavy (non-hydrogen) atoms. The highest BCUT2D eigenvalue weighted by Gasteiger charge is 2.32. The van der Waals surface area contributed by atoms with Gasteiger partial charge in [0.05, 0.1) is 12.5 Å². The van der Waals surface area contributed by atoms with Gasteiger partial charge in [0, 0.05) is 13.2 Å². The first-order valence-corrected chi connectivity index (χ1v) is 3.77. The van der Waals surface area contributed by atoms with Gasteiger partial charge in [0.2, 0.25) is 0 Å². The standard InChI is InChI=1S/C8H11F3O3/c1-3-7(12)14-5-6(13-2)4-8(9,10)11/h3,6H,1,4-5H2,2H3. The van der Waals surface area contributed by atoms with Gasteiger partial charge in [0.1, 0.15) is 6.61 Å². The fraction of sp³-hybridized carbons (Fsp3) is 0.625. The van der Waals surface area contributed by atoms with E-state index in [1.165, 1.54) is 0 Å². The lowest BCUT2D eigenvalue weighted by molar-refractivity contribution is -0.168. The van der Waals surface area contributed by atoms with E-state index in [-0.39, 0.29) is 0 Å². The Hall–Kier alpha value is -1.04. The third-order valence-electron chi connectivity index (χ3n) is 1.37. The number of methoxy groups -OCH3 is 1. The number of hydrogen-bond donors (Lipinski definition) is 0. The summed E-state index contributed by atoms with van der Waals surface area (Å²) < 4.78 is 44.5. The van der Waals surface area contributed by atoms with Crippen LogP contribution in [0, 0.1) is 0 Å². The lowest BCUT2D eigenvalue weighted by atomic mass is 10.2. The highest BCUT2D eigenvalue weighted by molar-refractivity contribution is 5.81. The zero-order valence-corrected chi connectivity index (χ0v) is 7.63. The quantitative estimate of drug-likeness (QED) is 0.513. The van der Waals surface area contributed by atoms with Crippen LogP contribution in [-0.4, -0.2) is 32.0 Å². The summed E-state index contributed by atoms with van der Waals surface area (Å²) in [6, 6.07) is 0. The van der Waals surface area contributed by atoms with Gasteiger partial charge < -0.3 is 9.47 Å². The molecule has 82 valence electrons. The predicted molar refractivity (Wildman–Crippen MR) is 42.6 cm³/mol. The Morgan fingerprint density at radius 2 is 2.14 bits per heavy atom. The van der Waals surface area contributed by atoms with Crippen LogP contribution in [0.25, 0.3) is 0 Å². The first-order valence-electron chi connectivity index (χ1n) is 3.77. The van der Waals surface area contributed by atoms with Crippen LogP contribution in [0.5, 0.6) is 0 Å². The van der Waals surface area contributed by atoms with Crippen molar-refractivity contribution in [2.24, 2.45) is 0 Å². The number of carbonyl (C=O) groups is 1. The van der Waals surface area contributed by atoms with E-state index in [4.69, 9.17) is 0 Å². The summed E-state index contributed by atoms with van der Waals surface area (Å²) >= 11 is 0. The highest BCUT2D eigenvalue weighted by atomic mass is 19.4. The van der Waals surface area contributed by atoms with Crippen molar-refractivity contribution in [3.63, 3.8) is 0 Å². The van der Waals surface area contributed by atoms with Crippen molar-refractivity contribution < 1.29 is 27.4 Å². The monoisotopic (exact) mass is 212 g/mol. The van der Waals surface area contributed by atoms with Crippen LogP contribution in [0.1, 0.15) is 6.42 Å². The molecule has 0 spiro atoms. The summed E-state index contributed by atoms with van der Waals surface area (Å²) in [5.41, 5.74) is 0. The average molecular weight is 212 g/mol. The fourth-order valence-electron chi connectivity index (χ4n) is 0.702. The number of alkyl halides is 3. The Morgan fingerprint density at radius 1 is 1.57 bits per heavy atom. The third kappa shape index (κ3) is 6.47.